The number of hydrogen-bond donors (Lipinski definition) is 2. The molecular weight excluding hydrogens is 454 g/mol. The van der Waals surface area contributed by atoms with Crippen LogP contribution in [0.5, 0.6) is 5.75 Å². The molecular formula is C29H31N3O4. The number of carbonyl (C=O) groups is 3. The summed E-state index contributed by atoms with van der Waals surface area (Å²) in [6, 6.07) is 22.1. The van der Waals surface area contributed by atoms with E-state index in [1.165, 1.54) is 0 Å². The van der Waals surface area contributed by atoms with Gasteiger partial charge in [-0.2, -0.15) is 0 Å². The highest BCUT2D eigenvalue weighted by Gasteiger charge is 2.35. The van der Waals surface area contributed by atoms with E-state index in [0.717, 1.165) is 22.6 Å². The predicted molar refractivity (Wildman–Crippen MR) is 140 cm³/mol. The van der Waals surface area contributed by atoms with Crippen molar-refractivity contribution in [2.75, 3.05) is 16.8 Å². The van der Waals surface area contributed by atoms with Gasteiger partial charge in [-0.15, -0.1) is 0 Å². The quantitative estimate of drug-likeness (QED) is 0.484. The van der Waals surface area contributed by atoms with Gasteiger partial charge in [0.25, 0.3) is 5.91 Å². The zero-order chi connectivity index (χ0) is 25.7. The molecule has 0 bridgehead atoms. The number of nitrogens with one attached hydrogen (secondary N) is 2. The maximum Gasteiger partial charge on any atom is 0.253 e. The summed E-state index contributed by atoms with van der Waals surface area (Å²) in [5.74, 6) is -0.471. The zero-order valence-corrected chi connectivity index (χ0v) is 20.8. The minimum Gasteiger partial charge on any atom is -0.491 e. The van der Waals surface area contributed by atoms with Crippen LogP contribution in [0.4, 0.5) is 11.4 Å². The van der Waals surface area contributed by atoms with Crippen LogP contribution in [-0.4, -0.2) is 30.4 Å². The van der Waals surface area contributed by atoms with E-state index in [1.54, 1.807) is 29.2 Å². The van der Waals surface area contributed by atoms with Crippen molar-refractivity contribution in [3.63, 3.8) is 0 Å². The van der Waals surface area contributed by atoms with Crippen molar-refractivity contribution in [2.45, 2.75) is 39.8 Å². The second kappa shape index (κ2) is 11.1. The second-order valence-electron chi connectivity index (χ2n) is 9.27. The van der Waals surface area contributed by atoms with E-state index in [-0.39, 0.29) is 36.8 Å². The van der Waals surface area contributed by atoms with Crippen molar-refractivity contribution in [1.82, 2.24) is 5.32 Å². The fourth-order valence-electron chi connectivity index (χ4n) is 4.23. The van der Waals surface area contributed by atoms with Crippen molar-refractivity contribution in [3.05, 3.63) is 89.5 Å². The first-order valence-electron chi connectivity index (χ1n) is 12.1. The molecule has 1 atom stereocenters. The summed E-state index contributed by atoms with van der Waals surface area (Å²) in [6.07, 6.45) is 0.169. The monoisotopic (exact) mass is 485 g/mol. The third kappa shape index (κ3) is 6.10. The number of amides is 3. The van der Waals surface area contributed by atoms with Crippen LogP contribution in [0.25, 0.3) is 0 Å². The lowest BCUT2D eigenvalue weighted by Gasteiger charge is -2.18. The number of benzene rings is 3. The SMILES string of the molecule is Cc1cccc(CNC(=O)c2ccccc2NC(=O)[C@H]2CC(=O)N(c3ccc(OC(C)C)cc3)C2)c1. The third-order valence-electron chi connectivity index (χ3n) is 5.98. The minimum absolute atomic E-state index is 0.0600. The number of para-hydroxylation sites is 1. The van der Waals surface area contributed by atoms with Crippen LogP contribution in [0, 0.1) is 12.8 Å². The number of ether oxygens (including phenoxy) is 1. The lowest BCUT2D eigenvalue weighted by Crippen LogP contribution is -2.29. The van der Waals surface area contributed by atoms with Gasteiger partial charge in [0.1, 0.15) is 5.75 Å². The molecule has 1 heterocycles. The standard InChI is InChI=1S/C29H31N3O4/c1-19(2)36-24-13-11-23(12-14-24)32-18-22(16-27(32)33)28(34)31-26-10-5-4-9-25(26)29(35)30-17-21-8-6-7-20(3)15-21/h4-15,19,22H,16-18H2,1-3H3,(H,30,35)(H,31,34)/t22-/m0/s1. The Hall–Kier alpha value is -4.13. The highest BCUT2D eigenvalue weighted by molar-refractivity contribution is 6.07. The van der Waals surface area contributed by atoms with Gasteiger partial charge in [0.05, 0.1) is 23.3 Å². The van der Waals surface area contributed by atoms with E-state index in [4.69, 9.17) is 4.74 Å². The molecule has 36 heavy (non-hydrogen) atoms. The number of hydrogen-bond acceptors (Lipinski definition) is 4. The van der Waals surface area contributed by atoms with E-state index >= 15 is 0 Å². The van der Waals surface area contributed by atoms with Crippen LogP contribution < -0.4 is 20.3 Å². The van der Waals surface area contributed by atoms with Crippen molar-refractivity contribution in [1.29, 1.82) is 0 Å². The summed E-state index contributed by atoms with van der Waals surface area (Å²) >= 11 is 0. The Labute approximate surface area is 211 Å². The van der Waals surface area contributed by atoms with E-state index in [0.29, 0.717) is 17.8 Å². The summed E-state index contributed by atoms with van der Waals surface area (Å²) in [7, 11) is 0. The van der Waals surface area contributed by atoms with E-state index in [2.05, 4.69) is 10.6 Å². The summed E-state index contributed by atoms with van der Waals surface area (Å²) in [4.78, 5) is 40.2. The average molecular weight is 486 g/mol. The molecule has 0 saturated carbocycles. The molecule has 0 radical (unpaired) electrons. The van der Waals surface area contributed by atoms with E-state index < -0.39 is 5.92 Å². The van der Waals surface area contributed by atoms with Crippen LogP contribution in [0.3, 0.4) is 0 Å². The molecule has 0 unspecified atom stereocenters. The lowest BCUT2D eigenvalue weighted by molar-refractivity contribution is -0.122. The zero-order valence-electron chi connectivity index (χ0n) is 20.8. The summed E-state index contributed by atoms with van der Waals surface area (Å²) < 4.78 is 5.66. The number of nitrogens with zero attached hydrogens (tertiary/aromatic N) is 1. The topological polar surface area (TPSA) is 87.7 Å². The van der Waals surface area contributed by atoms with Gasteiger partial charge in [0.2, 0.25) is 11.8 Å². The van der Waals surface area contributed by atoms with Crippen molar-refractivity contribution < 1.29 is 19.1 Å². The van der Waals surface area contributed by atoms with Gasteiger partial charge in [-0.05, 0) is 62.7 Å². The molecule has 1 aliphatic heterocycles. The first-order valence-corrected chi connectivity index (χ1v) is 12.1. The Balaban J connectivity index is 1.39. The van der Waals surface area contributed by atoms with Gasteiger partial charge in [-0.25, -0.2) is 0 Å². The van der Waals surface area contributed by atoms with Gasteiger partial charge in [0, 0.05) is 25.2 Å². The van der Waals surface area contributed by atoms with Gasteiger partial charge in [0.15, 0.2) is 0 Å². The first kappa shape index (κ1) is 25.0. The third-order valence-corrected chi connectivity index (χ3v) is 5.98. The molecule has 0 spiro atoms. The highest BCUT2D eigenvalue weighted by atomic mass is 16.5. The Bertz CT molecular complexity index is 1250. The molecule has 1 saturated heterocycles. The van der Waals surface area contributed by atoms with Gasteiger partial charge >= 0.3 is 0 Å². The number of rotatable bonds is 8. The average Bonchev–Trinajstić information content (AvgIpc) is 3.25. The molecule has 1 fully saturated rings. The van der Waals surface area contributed by atoms with Crippen LogP contribution in [0.2, 0.25) is 0 Å². The maximum absolute atomic E-state index is 13.1. The maximum atomic E-state index is 13.1. The predicted octanol–water partition coefficient (Wildman–Crippen LogP) is 4.70. The largest absolute Gasteiger partial charge is 0.491 e. The molecule has 3 aromatic rings. The van der Waals surface area contributed by atoms with Gasteiger partial charge < -0.3 is 20.3 Å². The van der Waals surface area contributed by atoms with Crippen molar-refractivity contribution in [2.24, 2.45) is 5.92 Å². The van der Waals surface area contributed by atoms with Crippen molar-refractivity contribution in [3.8, 4) is 5.75 Å². The normalized spacial score (nSPS) is 15.2. The minimum atomic E-state index is -0.521. The Kier molecular flexibility index (Phi) is 7.68. The Morgan fingerprint density at radius 3 is 2.50 bits per heavy atom. The van der Waals surface area contributed by atoms with Crippen LogP contribution >= 0.6 is 0 Å². The molecule has 3 amide bonds. The van der Waals surface area contributed by atoms with Crippen molar-refractivity contribution >= 4 is 29.1 Å². The molecule has 1 aliphatic rings. The van der Waals surface area contributed by atoms with Gasteiger partial charge in [-0.1, -0.05) is 42.0 Å². The number of anilines is 2. The molecule has 0 aromatic heterocycles. The summed E-state index contributed by atoms with van der Waals surface area (Å²) in [5, 5.41) is 5.78. The van der Waals surface area contributed by atoms with Crippen LogP contribution in [-0.2, 0) is 16.1 Å². The molecule has 3 aromatic carbocycles. The second-order valence-corrected chi connectivity index (χ2v) is 9.27. The molecule has 7 nitrogen and oxygen atoms in total. The lowest BCUT2D eigenvalue weighted by atomic mass is 10.1. The highest BCUT2D eigenvalue weighted by Crippen LogP contribution is 2.28. The molecule has 4 rings (SSSR count). The molecule has 0 aliphatic carbocycles. The van der Waals surface area contributed by atoms with Crippen LogP contribution in [0.1, 0.15) is 41.8 Å². The van der Waals surface area contributed by atoms with E-state index in [1.807, 2.05) is 69.3 Å². The molecule has 7 heteroatoms. The Morgan fingerprint density at radius 2 is 1.78 bits per heavy atom. The molecule has 2 N–H and O–H groups in total. The fraction of sp³-hybridized carbons (Fsp3) is 0.276. The smallest absolute Gasteiger partial charge is 0.253 e. The Morgan fingerprint density at radius 1 is 1.03 bits per heavy atom. The summed E-state index contributed by atoms with van der Waals surface area (Å²) in [6.45, 7) is 6.56. The number of carbonyl (C=O) groups excluding carboxylic acids is 3. The van der Waals surface area contributed by atoms with Crippen LogP contribution in [0.15, 0.2) is 72.8 Å². The fourth-order valence-corrected chi connectivity index (χ4v) is 4.23. The number of aryl methyl sites for hydroxylation is 1. The molecule has 186 valence electrons. The first-order chi connectivity index (χ1) is 17.3. The van der Waals surface area contributed by atoms with Gasteiger partial charge in [-0.3, -0.25) is 14.4 Å². The summed E-state index contributed by atoms with van der Waals surface area (Å²) in [5.41, 5.74) is 3.64. The van der Waals surface area contributed by atoms with E-state index in [9.17, 15) is 14.4 Å².